The summed E-state index contributed by atoms with van der Waals surface area (Å²) in [5.41, 5.74) is -0.257. The van der Waals surface area contributed by atoms with E-state index in [4.69, 9.17) is 10.00 Å². The molecule has 9 heteroatoms. The van der Waals surface area contributed by atoms with Crippen LogP contribution in [0.2, 0.25) is 0 Å². The molecule has 6 nitrogen and oxygen atoms in total. The maximum atomic E-state index is 11.8. The summed E-state index contributed by atoms with van der Waals surface area (Å²) in [7, 11) is 0. The van der Waals surface area contributed by atoms with Crippen LogP contribution in [0.1, 0.15) is 12.0 Å². The van der Waals surface area contributed by atoms with E-state index < -0.39 is 17.7 Å². The average Bonchev–Trinajstić information content (AvgIpc) is 2.41. The minimum Gasteiger partial charge on any atom is -0.487 e. The Morgan fingerprint density at radius 3 is 2.62 bits per heavy atom. The third-order valence-corrected chi connectivity index (χ3v) is 2.24. The minimum atomic E-state index is -4.38. The predicted octanol–water partition coefficient (Wildman–Crippen LogP) is 2.81. The van der Waals surface area contributed by atoms with Gasteiger partial charge in [0.1, 0.15) is 6.61 Å². The van der Waals surface area contributed by atoms with E-state index in [0.29, 0.717) is 0 Å². The second kappa shape index (κ2) is 7.44. The molecule has 0 aliphatic carbocycles. The first-order chi connectivity index (χ1) is 9.83. The summed E-state index contributed by atoms with van der Waals surface area (Å²) in [6.45, 7) is -1.56. The molecule has 114 valence electrons. The molecule has 0 saturated carbocycles. The number of alkyl halides is 3. The number of nitriles is 1. The fraction of sp³-hybridized carbons (Fsp3) is 0.417. The Kier molecular flexibility index (Phi) is 5.92. The van der Waals surface area contributed by atoms with Gasteiger partial charge in [-0.15, -0.1) is 0 Å². The van der Waals surface area contributed by atoms with Gasteiger partial charge in [0.15, 0.2) is 5.75 Å². The van der Waals surface area contributed by atoms with Crippen molar-refractivity contribution in [1.29, 1.82) is 5.26 Å². The lowest BCUT2D eigenvalue weighted by molar-refractivity contribution is -0.385. The number of halogens is 3. The molecule has 0 N–H and O–H groups in total. The van der Waals surface area contributed by atoms with Crippen molar-refractivity contribution >= 4 is 5.69 Å². The summed E-state index contributed by atoms with van der Waals surface area (Å²) < 4.78 is 44.8. The van der Waals surface area contributed by atoms with E-state index in [9.17, 15) is 23.3 Å². The molecule has 0 radical (unpaired) electrons. The Hall–Kier alpha value is -2.34. The van der Waals surface area contributed by atoms with Crippen LogP contribution < -0.4 is 4.74 Å². The van der Waals surface area contributed by atoms with Crippen LogP contribution >= 0.6 is 0 Å². The van der Waals surface area contributed by atoms with Gasteiger partial charge in [0.25, 0.3) is 0 Å². The zero-order valence-electron chi connectivity index (χ0n) is 10.7. The van der Waals surface area contributed by atoms with Crippen molar-refractivity contribution in [2.45, 2.75) is 12.6 Å². The number of nitro groups is 1. The van der Waals surface area contributed by atoms with E-state index in [1.165, 1.54) is 12.1 Å². The van der Waals surface area contributed by atoms with E-state index in [1.807, 2.05) is 0 Å². The predicted molar refractivity (Wildman–Crippen MR) is 64.8 cm³/mol. The van der Waals surface area contributed by atoms with Gasteiger partial charge in [0.05, 0.1) is 29.8 Å². The topological polar surface area (TPSA) is 85.4 Å². The summed E-state index contributed by atoms with van der Waals surface area (Å²) in [6.07, 6.45) is -4.24. The van der Waals surface area contributed by atoms with Crippen LogP contribution in [-0.2, 0) is 4.74 Å². The molecule has 0 aliphatic heterocycles. The summed E-state index contributed by atoms with van der Waals surface area (Å²) in [4.78, 5) is 10.1. The summed E-state index contributed by atoms with van der Waals surface area (Å²) in [5.74, 6) is -0.0465. The summed E-state index contributed by atoms with van der Waals surface area (Å²) in [5, 5.41) is 19.5. The van der Waals surface area contributed by atoms with Crippen molar-refractivity contribution in [3.05, 3.63) is 33.9 Å². The highest BCUT2D eigenvalue weighted by molar-refractivity contribution is 5.51. The molecule has 0 amide bonds. The monoisotopic (exact) mass is 304 g/mol. The Morgan fingerprint density at radius 1 is 1.33 bits per heavy atom. The molecule has 0 saturated heterocycles. The molecular formula is C12H11F3N2O4. The van der Waals surface area contributed by atoms with E-state index in [0.717, 1.165) is 6.07 Å². The quantitative estimate of drug-likeness (QED) is 0.439. The number of ether oxygens (including phenoxy) is 2. The van der Waals surface area contributed by atoms with Crippen molar-refractivity contribution in [2.75, 3.05) is 19.8 Å². The molecular weight excluding hydrogens is 293 g/mol. The van der Waals surface area contributed by atoms with Crippen LogP contribution in [0.25, 0.3) is 0 Å². The van der Waals surface area contributed by atoms with E-state index >= 15 is 0 Å². The largest absolute Gasteiger partial charge is 0.487 e. The van der Waals surface area contributed by atoms with Gasteiger partial charge < -0.3 is 9.47 Å². The van der Waals surface area contributed by atoms with Crippen LogP contribution in [0.15, 0.2) is 18.2 Å². The molecule has 1 aromatic rings. The molecule has 0 atom stereocenters. The number of hydrogen-bond donors (Lipinski definition) is 0. The van der Waals surface area contributed by atoms with Crippen LogP contribution in [0.3, 0.4) is 0 Å². The van der Waals surface area contributed by atoms with Crippen molar-refractivity contribution in [3.63, 3.8) is 0 Å². The lowest BCUT2D eigenvalue weighted by atomic mass is 10.2. The second-order valence-corrected chi connectivity index (χ2v) is 3.92. The fourth-order valence-corrected chi connectivity index (χ4v) is 1.38. The molecule has 1 rings (SSSR count). The first kappa shape index (κ1) is 16.7. The third-order valence-electron chi connectivity index (χ3n) is 2.24. The number of benzene rings is 1. The van der Waals surface area contributed by atoms with Gasteiger partial charge in [-0.3, -0.25) is 10.1 Å². The molecule has 0 unspecified atom stereocenters. The van der Waals surface area contributed by atoms with Gasteiger partial charge >= 0.3 is 11.9 Å². The van der Waals surface area contributed by atoms with Crippen LogP contribution in [0, 0.1) is 21.4 Å². The Balaban J connectivity index is 2.45. The number of nitro benzene ring substituents is 1. The zero-order chi connectivity index (χ0) is 15.9. The van der Waals surface area contributed by atoms with E-state index in [1.54, 1.807) is 6.07 Å². The Labute approximate surface area is 117 Å². The fourth-order valence-electron chi connectivity index (χ4n) is 1.38. The molecule has 0 bridgehead atoms. The Morgan fingerprint density at radius 2 is 2.05 bits per heavy atom. The molecule has 0 aromatic heterocycles. The molecule has 0 aliphatic rings. The molecule has 0 heterocycles. The standard InChI is InChI=1S/C12H11F3N2O4/c13-12(14,15)8-20-4-1-5-21-11-3-2-9(7-16)6-10(11)17(18)19/h2-3,6H,1,4-5,8H2. The number of hydrogen-bond acceptors (Lipinski definition) is 5. The molecule has 0 spiro atoms. The van der Waals surface area contributed by atoms with Gasteiger partial charge in [0.2, 0.25) is 0 Å². The summed E-state index contributed by atoms with van der Waals surface area (Å²) in [6, 6.07) is 5.45. The Bertz CT molecular complexity index is 540. The van der Waals surface area contributed by atoms with Crippen LogP contribution in [0.4, 0.5) is 18.9 Å². The van der Waals surface area contributed by atoms with Gasteiger partial charge in [-0.2, -0.15) is 18.4 Å². The van der Waals surface area contributed by atoms with Gasteiger partial charge in [0, 0.05) is 12.5 Å². The maximum Gasteiger partial charge on any atom is 0.411 e. The lowest BCUT2D eigenvalue weighted by Gasteiger charge is -2.09. The number of nitrogens with zero attached hydrogens (tertiary/aromatic N) is 2. The zero-order valence-corrected chi connectivity index (χ0v) is 10.7. The third kappa shape index (κ3) is 6.09. The van der Waals surface area contributed by atoms with Gasteiger partial charge in [-0.1, -0.05) is 0 Å². The molecule has 21 heavy (non-hydrogen) atoms. The maximum absolute atomic E-state index is 11.8. The van der Waals surface area contributed by atoms with Gasteiger partial charge in [-0.05, 0) is 12.1 Å². The first-order valence-corrected chi connectivity index (χ1v) is 5.79. The highest BCUT2D eigenvalue weighted by Crippen LogP contribution is 2.27. The lowest BCUT2D eigenvalue weighted by Crippen LogP contribution is -2.18. The smallest absolute Gasteiger partial charge is 0.411 e. The van der Waals surface area contributed by atoms with E-state index in [2.05, 4.69) is 4.74 Å². The van der Waals surface area contributed by atoms with Crippen molar-refractivity contribution < 1.29 is 27.6 Å². The number of rotatable bonds is 7. The van der Waals surface area contributed by atoms with Crippen molar-refractivity contribution in [3.8, 4) is 11.8 Å². The average molecular weight is 304 g/mol. The first-order valence-electron chi connectivity index (χ1n) is 5.79. The van der Waals surface area contributed by atoms with E-state index in [-0.39, 0.29) is 36.6 Å². The van der Waals surface area contributed by atoms with Crippen LogP contribution in [0.5, 0.6) is 5.75 Å². The second-order valence-electron chi connectivity index (χ2n) is 3.92. The highest BCUT2D eigenvalue weighted by Gasteiger charge is 2.27. The normalized spacial score (nSPS) is 11.0. The summed E-state index contributed by atoms with van der Waals surface area (Å²) >= 11 is 0. The van der Waals surface area contributed by atoms with Crippen molar-refractivity contribution in [2.24, 2.45) is 0 Å². The molecule has 0 fully saturated rings. The minimum absolute atomic E-state index is 0.0371. The SMILES string of the molecule is N#Cc1ccc(OCCCOCC(F)(F)F)c([N+](=O)[O-])c1. The molecule has 1 aromatic carbocycles. The van der Waals surface area contributed by atoms with Gasteiger partial charge in [-0.25, -0.2) is 0 Å². The highest BCUT2D eigenvalue weighted by atomic mass is 19.4. The van der Waals surface area contributed by atoms with Crippen molar-refractivity contribution in [1.82, 2.24) is 0 Å². The van der Waals surface area contributed by atoms with Crippen LogP contribution in [-0.4, -0.2) is 30.9 Å².